The van der Waals surface area contributed by atoms with Gasteiger partial charge in [0.15, 0.2) is 5.65 Å². The van der Waals surface area contributed by atoms with E-state index in [4.69, 9.17) is 5.73 Å². The highest BCUT2D eigenvalue weighted by Gasteiger charge is 2.13. The van der Waals surface area contributed by atoms with E-state index in [2.05, 4.69) is 5.10 Å². The Kier molecular flexibility index (Phi) is 2.60. The number of nitrogens with zero attached hydrogens (tertiary/aromatic N) is 3. The van der Waals surface area contributed by atoms with Crippen molar-refractivity contribution in [2.24, 2.45) is 5.73 Å². The fraction of sp³-hybridized carbons (Fsp3) is 0.214. The molecule has 3 rings (SSSR count). The predicted octanol–water partition coefficient (Wildman–Crippen LogP) is 0.751. The second-order valence-corrected chi connectivity index (χ2v) is 4.96. The number of aryl methyl sites for hydroxylation is 2. The van der Waals surface area contributed by atoms with E-state index < -0.39 is 5.91 Å². The highest BCUT2D eigenvalue weighted by molar-refractivity contribution is 5.84. The molecule has 0 aliphatic rings. The number of hydrogen-bond acceptors (Lipinski definition) is 3. The van der Waals surface area contributed by atoms with Gasteiger partial charge in [-0.25, -0.2) is 13.9 Å². The molecule has 0 saturated heterocycles. The zero-order chi connectivity index (χ0) is 14.4. The molecular weight excluding hydrogens is 256 g/mol. The summed E-state index contributed by atoms with van der Waals surface area (Å²) in [4.78, 5) is 23.4. The summed E-state index contributed by atoms with van der Waals surface area (Å²) in [7, 11) is 0. The van der Waals surface area contributed by atoms with E-state index in [0.29, 0.717) is 5.65 Å². The third-order valence-electron chi connectivity index (χ3n) is 3.29. The van der Waals surface area contributed by atoms with Gasteiger partial charge in [0, 0.05) is 0 Å². The Hall–Kier alpha value is -2.63. The van der Waals surface area contributed by atoms with E-state index in [9.17, 15) is 9.59 Å². The van der Waals surface area contributed by atoms with Crippen molar-refractivity contribution in [2.75, 3.05) is 0 Å². The fourth-order valence-electron chi connectivity index (χ4n) is 2.42. The van der Waals surface area contributed by atoms with Gasteiger partial charge in [0.1, 0.15) is 6.54 Å². The van der Waals surface area contributed by atoms with Gasteiger partial charge in [-0.2, -0.15) is 0 Å². The van der Waals surface area contributed by atoms with Crippen LogP contribution in [0.4, 0.5) is 0 Å². The fourth-order valence-corrected chi connectivity index (χ4v) is 2.42. The van der Waals surface area contributed by atoms with E-state index in [-0.39, 0.29) is 12.2 Å². The number of nitrogens with two attached hydrogens (primary N) is 1. The van der Waals surface area contributed by atoms with E-state index in [1.54, 1.807) is 0 Å². The molecule has 102 valence electrons. The number of benzene rings is 1. The number of carbonyl (C=O) groups is 1. The van der Waals surface area contributed by atoms with Crippen molar-refractivity contribution in [1.82, 2.24) is 14.2 Å². The van der Waals surface area contributed by atoms with Crippen LogP contribution in [-0.2, 0) is 11.3 Å². The van der Waals surface area contributed by atoms with Gasteiger partial charge < -0.3 is 5.73 Å². The Morgan fingerprint density at radius 2 is 2.05 bits per heavy atom. The maximum Gasteiger partial charge on any atom is 0.351 e. The number of primary amides is 1. The largest absolute Gasteiger partial charge is 0.368 e. The molecule has 0 aliphatic heterocycles. The van der Waals surface area contributed by atoms with Gasteiger partial charge in [-0.15, -0.1) is 5.10 Å². The molecule has 1 amide bonds. The minimum atomic E-state index is -0.590. The molecule has 0 atom stereocenters. The molecule has 20 heavy (non-hydrogen) atoms. The van der Waals surface area contributed by atoms with Crippen LogP contribution in [0, 0.1) is 13.8 Å². The Morgan fingerprint density at radius 3 is 2.75 bits per heavy atom. The summed E-state index contributed by atoms with van der Waals surface area (Å²) in [6, 6.07) is 7.82. The number of amides is 1. The normalized spacial score (nSPS) is 11.3. The first-order valence-electron chi connectivity index (χ1n) is 6.25. The molecule has 0 unspecified atom stereocenters. The topological polar surface area (TPSA) is 82.4 Å². The molecule has 0 spiro atoms. The number of rotatable bonds is 2. The minimum Gasteiger partial charge on any atom is -0.368 e. The Bertz CT molecular complexity index is 905. The second kappa shape index (κ2) is 4.19. The predicted molar refractivity (Wildman–Crippen MR) is 75.6 cm³/mol. The lowest BCUT2D eigenvalue weighted by molar-refractivity contribution is -0.118. The molecule has 6 heteroatoms. The monoisotopic (exact) mass is 270 g/mol. The zero-order valence-electron chi connectivity index (χ0n) is 11.3. The molecule has 2 aromatic heterocycles. The molecule has 0 bridgehead atoms. The van der Waals surface area contributed by atoms with Crippen LogP contribution in [0.2, 0.25) is 0 Å². The van der Waals surface area contributed by atoms with Gasteiger partial charge in [-0.3, -0.25) is 4.79 Å². The van der Waals surface area contributed by atoms with Gasteiger partial charge >= 0.3 is 5.69 Å². The van der Waals surface area contributed by atoms with Crippen molar-refractivity contribution in [3.8, 4) is 0 Å². The van der Waals surface area contributed by atoms with Crippen LogP contribution < -0.4 is 11.4 Å². The van der Waals surface area contributed by atoms with Crippen molar-refractivity contribution in [3.05, 3.63) is 45.9 Å². The van der Waals surface area contributed by atoms with Gasteiger partial charge in [-0.1, -0.05) is 11.6 Å². The highest BCUT2D eigenvalue weighted by atomic mass is 16.2. The maximum absolute atomic E-state index is 12.4. The quantitative estimate of drug-likeness (QED) is 0.746. The summed E-state index contributed by atoms with van der Waals surface area (Å²) in [5.41, 5.74) is 8.11. The highest BCUT2D eigenvalue weighted by Crippen LogP contribution is 2.19. The molecule has 0 radical (unpaired) electrons. The second-order valence-electron chi connectivity index (χ2n) is 4.96. The number of fused-ring (bicyclic) bond motifs is 3. The lowest BCUT2D eigenvalue weighted by atomic mass is 10.1. The Morgan fingerprint density at radius 1 is 1.30 bits per heavy atom. The van der Waals surface area contributed by atoms with Crippen molar-refractivity contribution in [3.63, 3.8) is 0 Å². The summed E-state index contributed by atoms with van der Waals surface area (Å²) in [5, 5.41) is 5.16. The molecule has 1 aromatic carbocycles. The zero-order valence-corrected chi connectivity index (χ0v) is 11.3. The number of aromatic nitrogens is 3. The average Bonchev–Trinajstić information content (AvgIpc) is 2.67. The van der Waals surface area contributed by atoms with Gasteiger partial charge in [0.2, 0.25) is 5.91 Å². The van der Waals surface area contributed by atoms with Crippen LogP contribution in [0.1, 0.15) is 11.1 Å². The van der Waals surface area contributed by atoms with E-state index in [1.807, 2.05) is 38.1 Å². The van der Waals surface area contributed by atoms with Crippen molar-refractivity contribution in [1.29, 1.82) is 0 Å². The third-order valence-corrected chi connectivity index (χ3v) is 3.29. The smallest absolute Gasteiger partial charge is 0.351 e. The first kappa shape index (κ1) is 12.4. The van der Waals surface area contributed by atoms with Crippen LogP contribution >= 0.6 is 0 Å². The third kappa shape index (κ3) is 1.77. The molecule has 2 heterocycles. The van der Waals surface area contributed by atoms with Gasteiger partial charge in [0.05, 0.1) is 5.52 Å². The lowest BCUT2D eigenvalue weighted by Crippen LogP contribution is -2.28. The molecular formula is C14H14N4O2. The molecule has 2 N–H and O–H groups in total. The van der Waals surface area contributed by atoms with Gasteiger partial charge in [0.25, 0.3) is 0 Å². The van der Waals surface area contributed by atoms with Crippen LogP contribution in [0.3, 0.4) is 0 Å². The summed E-state index contributed by atoms with van der Waals surface area (Å²) < 4.78 is 2.62. The molecule has 6 nitrogen and oxygen atoms in total. The Balaban J connectivity index is 2.45. The summed E-state index contributed by atoms with van der Waals surface area (Å²) in [6.45, 7) is 3.67. The maximum atomic E-state index is 12.4. The summed E-state index contributed by atoms with van der Waals surface area (Å²) in [6.07, 6.45) is 0. The lowest BCUT2D eigenvalue weighted by Gasteiger charge is -2.04. The van der Waals surface area contributed by atoms with Crippen LogP contribution in [0.5, 0.6) is 0 Å². The molecule has 3 aromatic rings. The number of pyridine rings is 1. The van der Waals surface area contributed by atoms with E-state index in [1.165, 1.54) is 4.40 Å². The summed E-state index contributed by atoms with van der Waals surface area (Å²) >= 11 is 0. The van der Waals surface area contributed by atoms with Crippen molar-refractivity contribution < 1.29 is 4.79 Å². The summed E-state index contributed by atoms with van der Waals surface area (Å²) in [5.74, 6) is -0.590. The van der Waals surface area contributed by atoms with E-state index in [0.717, 1.165) is 26.7 Å². The van der Waals surface area contributed by atoms with Gasteiger partial charge in [-0.05, 0) is 43.0 Å². The van der Waals surface area contributed by atoms with Crippen LogP contribution in [-0.4, -0.2) is 20.1 Å². The molecule has 0 aliphatic carbocycles. The minimum absolute atomic E-state index is 0.215. The van der Waals surface area contributed by atoms with Crippen LogP contribution in [0.25, 0.3) is 16.6 Å². The average molecular weight is 270 g/mol. The first-order valence-corrected chi connectivity index (χ1v) is 6.25. The van der Waals surface area contributed by atoms with E-state index >= 15 is 0 Å². The molecule has 0 saturated carbocycles. The van der Waals surface area contributed by atoms with Crippen molar-refractivity contribution >= 4 is 22.5 Å². The number of carbonyl (C=O) groups excluding carboxylic acids is 1. The van der Waals surface area contributed by atoms with Crippen LogP contribution in [0.15, 0.2) is 29.1 Å². The Labute approximate surface area is 114 Å². The molecule has 0 fully saturated rings. The number of hydrogen-bond donors (Lipinski definition) is 1. The SMILES string of the molecule is Cc1ccc2c(c1)cc(C)c1nn(CC(N)=O)c(=O)n12. The van der Waals surface area contributed by atoms with Crippen molar-refractivity contribution in [2.45, 2.75) is 20.4 Å². The first-order chi connectivity index (χ1) is 9.47. The standard InChI is InChI=1S/C14H14N4O2/c1-8-3-4-11-10(5-8)6-9(2)13-16-17(7-12(15)19)14(20)18(11)13/h3-6H,7H2,1-2H3,(H2,15,19).